The number of hydrogen-bond acceptors (Lipinski definition) is 9. The first-order valence-electron chi connectivity index (χ1n) is 12.0. The molecule has 0 saturated carbocycles. The molecule has 0 spiro atoms. The number of hydrogen-bond donors (Lipinski definition) is 0. The summed E-state index contributed by atoms with van der Waals surface area (Å²) >= 11 is 6.87. The van der Waals surface area contributed by atoms with E-state index in [1.54, 1.807) is 55.6 Å². The summed E-state index contributed by atoms with van der Waals surface area (Å²) in [5.41, 5.74) is 3.20. The zero-order chi connectivity index (χ0) is 28.6. The Morgan fingerprint density at radius 3 is 2.38 bits per heavy atom. The van der Waals surface area contributed by atoms with Crippen molar-refractivity contribution >= 4 is 44.3 Å². The van der Waals surface area contributed by atoms with Crippen LogP contribution in [-0.4, -0.2) is 69.7 Å². The van der Waals surface area contributed by atoms with Crippen LogP contribution in [-0.2, 0) is 23.8 Å². The van der Waals surface area contributed by atoms with Crippen molar-refractivity contribution in [2.24, 2.45) is 7.05 Å². The van der Waals surface area contributed by atoms with Crippen LogP contribution < -0.4 is 14.4 Å². The average Bonchev–Trinajstić information content (AvgIpc) is 3.60. The van der Waals surface area contributed by atoms with Crippen LogP contribution >= 0.6 is 11.6 Å². The minimum absolute atomic E-state index is 0.0439. The molecule has 0 unspecified atom stereocenters. The molecule has 0 amide bonds. The Morgan fingerprint density at radius 2 is 1.75 bits per heavy atom. The fourth-order valence-electron chi connectivity index (χ4n) is 4.15. The fourth-order valence-corrected chi connectivity index (χ4v) is 5.38. The molecular weight excluding hydrogens is 556 g/mol. The maximum atomic E-state index is 13.0. The van der Waals surface area contributed by atoms with Gasteiger partial charge < -0.3 is 14.4 Å². The van der Waals surface area contributed by atoms with Crippen molar-refractivity contribution in [3.63, 3.8) is 0 Å². The van der Waals surface area contributed by atoms with E-state index in [2.05, 4.69) is 15.1 Å². The van der Waals surface area contributed by atoms with Crippen LogP contribution in [0.1, 0.15) is 5.82 Å². The molecule has 0 saturated heterocycles. The first-order valence-corrected chi connectivity index (χ1v) is 13.8. The van der Waals surface area contributed by atoms with E-state index in [-0.39, 0.29) is 12.4 Å². The third kappa shape index (κ3) is 5.06. The normalized spacial score (nSPS) is 11.8. The Labute approximate surface area is 236 Å². The molecule has 40 heavy (non-hydrogen) atoms. The summed E-state index contributed by atoms with van der Waals surface area (Å²) in [7, 11) is 4.03. The molecule has 0 aliphatic rings. The van der Waals surface area contributed by atoms with Crippen molar-refractivity contribution < 1.29 is 17.9 Å². The zero-order valence-corrected chi connectivity index (χ0v) is 24.0. The summed E-state index contributed by atoms with van der Waals surface area (Å²) in [6, 6.07) is 8.94. The van der Waals surface area contributed by atoms with Gasteiger partial charge in [-0.05, 0) is 12.1 Å². The summed E-state index contributed by atoms with van der Waals surface area (Å²) in [5.74, 6) is 1.84. The molecule has 0 aliphatic heterocycles. The van der Waals surface area contributed by atoms with E-state index in [1.165, 1.54) is 26.5 Å². The number of aryl methyl sites for hydroxylation is 1. The lowest BCUT2D eigenvalue weighted by Gasteiger charge is -2.25. The van der Waals surface area contributed by atoms with Crippen molar-refractivity contribution in [3.05, 3.63) is 72.2 Å². The molecule has 4 heterocycles. The molecule has 0 atom stereocenters. The lowest BCUT2D eigenvalue weighted by atomic mass is 10.1. The molecular formula is C26H27ClN8O4S. The summed E-state index contributed by atoms with van der Waals surface area (Å²) in [6.07, 6.45) is 8.09. The van der Waals surface area contributed by atoms with Crippen LogP contribution in [0.2, 0.25) is 5.02 Å². The molecule has 12 nitrogen and oxygen atoms in total. The number of nitrogens with zero attached hydrogens (tertiary/aromatic N) is 8. The van der Waals surface area contributed by atoms with E-state index in [1.807, 2.05) is 24.2 Å². The van der Waals surface area contributed by atoms with Gasteiger partial charge in [0.05, 0.1) is 43.2 Å². The summed E-state index contributed by atoms with van der Waals surface area (Å²) < 4.78 is 40.9. The minimum Gasteiger partial charge on any atom is -0.497 e. The molecule has 0 aliphatic carbocycles. The molecule has 1 aromatic carbocycles. The predicted molar refractivity (Wildman–Crippen MR) is 152 cm³/mol. The highest BCUT2D eigenvalue weighted by Crippen LogP contribution is 2.36. The van der Waals surface area contributed by atoms with Crippen LogP contribution in [0.3, 0.4) is 0 Å². The Morgan fingerprint density at radius 1 is 1.02 bits per heavy atom. The van der Waals surface area contributed by atoms with Gasteiger partial charge in [0, 0.05) is 75.3 Å². The van der Waals surface area contributed by atoms with Gasteiger partial charge >= 0.3 is 10.2 Å². The molecule has 0 radical (unpaired) electrons. The van der Waals surface area contributed by atoms with Crippen LogP contribution in [0.15, 0.2) is 61.3 Å². The SMILES string of the molecule is COc1cc(OC)cc(N(Cc2nccn2S(=O)(=O)N(C)C)c2ccc3ncc(-c4cnn(C)c4)c(Cl)c3n2)c1. The predicted octanol–water partition coefficient (Wildman–Crippen LogP) is 3.89. The lowest BCUT2D eigenvalue weighted by molar-refractivity contribution is 0.394. The summed E-state index contributed by atoms with van der Waals surface area (Å²) in [4.78, 5) is 15.6. The summed E-state index contributed by atoms with van der Waals surface area (Å²) in [6.45, 7) is 0.0439. The van der Waals surface area contributed by atoms with Crippen LogP contribution in [0.5, 0.6) is 11.5 Å². The van der Waals surface area contributed by atoms with Gasteiger partial charge in [-0.3, -0.25) is 9.67 Å². The third-order valence-electron chi connectivity index (χ3n) is 6.27. The number of ether oxygens (including phenoxy) is 2. The second-order valence-corrected chi connectivity index (χ2v) is 11.4. The van der Waals surface area contributed by atoms with Crippen molar-refractivity contribution in [3.8, 4) is 22.6 Å². The molecule has 0 N–H and O–H groups in total. The Hall–Kier alpha value is -4.20. The van der Waals surface area contributed by atoms with E-state index in [0.29, 0.717) is 44.6 Å². The summed E-state index contributed by atoms with van der Waals surface area (Å²) in [5, 5.41) is 4.65. The Balaban J connectivity index is 1.69. The third-order valence-corrected chi connectivity index (χ3v) is 8.40. The van der Waals surface area contributed by atoms with Gasteiger partial charge in [-0.2, -0.15) is 17.8 Å². The number of aromatic nitrogens is 6. The quantitative estimate of drug-likeness (QED) is 0.255. The van der Waals surface area contributed by atoms with Crippen LogP contribution in [0, 0.1) is 0 Å². The smallest absolute Gasteiger partial charge is 0.308 e. The van der Waals surface area contributed by atoms with Crippen LogP contribution in [0.4, 0.5) is 11.5 Å². The van der Waals surface area contributed by atoms with Gasteiger partial charge in [-0.1, -0.05) is 11.6 Å². The van der Waals surface area contributed by atoms with Crippen molar-refractivity contribution in [2.75, 3.05) is 33.2 Å². The highest BCUT2D eigenvalue weighted by molar-refractivity contribution is 7.87. The number of pyridine rings is 2. The van der Waals surface area contributed by atoms with E-state index in [4.69, 9.17) is 26.1 Å². The van der Waals surface area contributed by atoms with Crippen molar-refractivity contribution in [1.29, 1.82) is 0 Å². The molecule has 4 aromatic heterocycles. The first-order chi connectivity index (χ1) is 19.1. The van der Waals surface area contributed by atoms with E-state index < -0.39 is 10.2 Å². The maximum Gasteiger partial charge on any atom is 0.308 e. The zero-order valence-electron chi connectivity index (χ0n) is 22.5. The largest absolute Gasteiger partial charge is 0.497 e. The maximum absolute atomic E-state index is 13.0. The van der Waals surface area contributed by atoms with Gasteiger partial charge in [0.2, 0.25) is 0 Å². The number of fused-ring (bicyclic) bond motifs is 1. The van der Waals surface area contributed by atoms with E-state index in [9.17, 15) is 8.42 Å². The Bertz CT molecular complexity index is 1780. The average molecular weight is 583 g/mol. The second kappa shape index (κ2) is 10.8. The number of benzene rings is 1. The lowest BCUT2D eigenvalue weighted by Crippen LogP contribution is -2.31. The van der Waals surface area contributed by atoms with Crippen LogP contribution in [0.25, 0.3) is 22.2 Å². The molecule has 5 aromatic rings. The highest BCUT2D eigenvalue weighted by Gasteiger charge is 2.24. The standard InChI is InChI=1S/C26H27ClN8O4S/c1-32(2)40(36,37)35-9-8-28-24(35)16-34(18-10-19(38-4)12-20(11-18)39-5)23-7-6-22-26(31-23)25(27)21(14-29-22)17-13-30-33(3)15-17/h6-15H,16H2,1-5H3. The number of rotatable bonds is 9. The van der Waals surface area contributed by atoms with Gasteiger partial charge in [-0.25, -0.2) is 13.9 Å². The molecule has 5 rings (SSSR count). The molecule has 208 valence electrons. The van der Waals surface area contributed by atoms with Gasteiger partial charge in [-0.15, -0.1) is 0 Å². The number of imidazole rings is 1. The number of halogens is 1. The van der Waals surface area contributed by atoms with Crippen molar-refractivity contribution in [1.82, 2.24) is 33.0 Å². The molecule has 0 bridgehead atoms. The molecule has 14 heteroatoms. The second-order valence-electron chi connectivity index (χ2n) is 9.01. The van der Waals surface area contributed by atoms with Crippen molar-refractivity contribution in [2.45, 2.75) is 6.54 Å². The van der Waals surface area contributed by atoms with E-state index in [0.717, 1.165) is 13.8 Å². The molecule has 0 fully saturated rings. The van der Waals surface area contributed by atoms with Gasteiger partial charge in [0.1, 0.15) is 28.7 Å². The van der Waals surface area contributed by atoms with Gasteiger partial charge in [0.15, 0.2) is 0 Å². The first kappa shape index (κ1) is 27.4. The Kier molecular flexibility index (Phi) is 7.36. The van der Waals surface area contributed by atoms with E-state index >= 15 is 0 Å². The minimum atomic E-state index is -3.82. The number of methoxy groups -OCH3 is 2. The number of anilines is 2. The topological polar surface area (TPSA) is 120 Å². The van der Waals surface area contributed by atoms with Gasteiger partial charge in [0.25, 0.3) is 0 Å². The monoisotopic (exact) mass is 582 g/mol. The fraction of sp³-hybridized carbons (Fsp3) is 0.231. The highest BCUT2D eigenvalue weighted by atomic mass is 35.5.